The Kier molecular flexibility index (Phi) is 5.62. The first-order valence-corrected chi connectivity index (χ1v) is 11.5. The Bertz CT molecular complexity index is 719. The maximum Gasteiger partial charge on any atom is 0.235 e. The smallest absolute Gasteiger partial charge is 0.235 e. The van der Waals surface area contributed by atoms with Crippen molar-refractivity contribution in [1.29, 1.82) is 0 Å². The van der Waals surface area contributed by atoms with Gasteiger partial charge >= 0.3 is 0 Å². The van der Waals surface area contributed by atoms with Crippen LogP contribution in [0.4, 0.5) is 5.13 Å². The molecule has 9 heteroatoms. The molecule has 1 heterocycles. The fraction of sp³-hybridized carbons (Fsp3) is 0.812. The predicted molar refractivity (Wildman–Crippen MR) is 97.3 cm³/mol. The van der Waals surface area contributed by atoms with E-state index in [0.717, 1.165) is 30.1 Å². The van der Waals surface area contributed by atoms with Gasteiger partial charge in [0.05, 0.1) is 0 Å². The average Bonchev–Trinajstić information content (AvgIpc) is 3.28. The van der Waals surface area contributed by atoms with Crippen LogP contribution in [0.3, 0.4) is 0 Å². The van der Waals surface area contributed by atoms with Crippen LogP contribution in [0.2, 0.25) is 0 Å². The minimum Gasteiger partial charge on any atom is -0.360 e. The van der Waals surface area contributed by atoms with Crippen molar-refractivity contribution in [3.05, 3.63) is 0 Å². The molecule has 0 aromatic carbocycles. The van der Waals surface area contributed by atoms with Gasteiger partial charge in [-0.2, -0.15) is 0 Å². The molecule has 140 valence electrons. The van der Waals surface area contributed by atoms with E-state index in [0.29, 0.717) is 23.5 Å². The summed E-state index contributed by atoms with van der Waals surface area (Å²) in [5.41, 5.74) is 0. The van der Waals surface area contributed by atoms with Gasteiger partial charge in [0.1, 0.15) is 5.75 Å². The molecule has 1 amide bonds. The number of anilines is 1. The molecule has 1 aromatic heterocycles. The van der Waals surface area contributed by atoms with Crippen molar-refractivity contribution < 1.29 is 13.2 Å². The number of hydrogen-bond donors (Lipinski definition) is 2. The quantitative estimate of drug-likeness (QED) is 0.709. The zero-order chi connectivity index (χ0) is 18.0. The Morgan fingerprint density at radius 2 is 2.12 bits per heavy atom. The molecule has 25 heavy (non-hydrogen) atoms. The summed E-state index contributed by atoms with van der Waals surface area (Å²) in [7, 11) is -3.75. The van der Waals surface area contributed by atoms with Gasteiger partial charge in [0.15, 0.2) is 0 Å². The Labute approximate surface area is 152 Å². The number of sulfone groups is 1. The second kappa shape index (κ2) is 7.57. The molecule has 2 aliphatic carbocycles. The zero-order valence-electron chi connectivity index (χ0n) is 14.7. The van der Waals surface area contributed by atoms with Gasteiger partial charge in [-0.1, -0.05) is 24.7 Å². The largest absolute Gasteiger partial charge is 0.360 e. The van der Waals surface area contributed by atoms with Crippen molar-refractivity contribution in [2.45, 2.75) is 56.3 Å². The fourth-order valence-electron chi connectivity index (χ4n) is 4.18. The molecule has 2 aliphatic rings. The van der Waals surface area contributed by atoms with Gasteiger partial charge in [0, 0.05) is 12.6 Å². The predicted octanol–water partition coefficient (Wildman–Crippen LogP) is 2.07. The van der Waals surface area contributed by atoms with E-state index in [1.165, 1.54) is 19.3 Å². The molecule has 2 N–H and O–H groups in total. The first kappa shape index (κ1) is 18.6. The summed E-state index contributed by atoms with van der Waals surface area (Å²) in [4.78, 5) is 12.2. The third-order valence-electron chi connectivity index (χ3n) is 5.34. The number of fused-ring (bicyclic) bond motifs is 2. The van der Waals surface area contributed by atoms with Crippen LogP contribution in [0.15, 0.2) is 4.34 Å². The van der Waals surface area contributed by atoms with Crippen LogP contribution in [0.5, 0.6) is 0 Å². The normalized spacial score (nSPS) is 26.6. The maximum atomic E-state index is 12.4. The van der Waals surface area contributed by atoms with E-state index in [9.17, 15) is 13.2 Å². The summed E-state index contributed by atoms with van der Waals surface area (Å²) in [5.74, 6) is 0.951. The van der Waals surface area contributed by atoms with Gasteiger partial charge < -0.3 is 10.6 Å². The molecular formula is C16H26N4O3S2. The highest BCUT2D eigenvalue weighted by molar-refractivity contribution is 7.94. The minimum atomic E-state index is -3.75. The molecule has 0 saturated heterocycles. The van der Waals surface area contributed by atoms with Crippen molar-refractivity contribution in [2.75, 3.05) is 17.6 Å². The number of nitrogens with one attached hydrogen (secondary N) is 2. The lowest BCUT2D eigenvalue weighted by molar-refractivity contribution is -0.119. The van der Waals surface area contributed by atoms with Gasteiger partial charge in [-0.25, -0.2) is 8.42 Å². The molecule has 4 atom stereocenters. The summed E-state index contributed by atoms with van der Waals surface area (Å²) >= 11 is 0.974. The number of carbonyl (C=O) groups excluding carboxylic acids is 1. The lowest BCUT2D eigenvalue weighted by Crippen LogP contribution is -2.42. The van der Waals surface area contributed by atoms with Crippen LogP contribution in [0, 0.1) is 17.8 Å². The Balaban J connectivity index is 1.55. The topological polar surface area (TPSA) is 101 Å². The van der Waals surface area contributed by atoms with E-state index in [1.54, 1.807) is 0 Å². The van der Waals surface area contributed by atoms with Crippen molar-refractivity contribution in [1.82, 2.24) is 15.5 Å². The monoisotopic (exact) mass is 386 g/mol. The van der Waals surface area contributed by atoms with Gasteiger partial charge in [0.25, 0.3) is 0 Å². The SMILES string of the molecule is CCCNc1nnc(S(=O)(=O)CC(=O)N[C@H](C)[C@@H]2C[C@H]3CC[C@H]2C3)s1. The van der Waals surface area contributed by atoms with Gasteiger partial charge in [-0.15, -0.1) is 10.2 Å². The van der Waals surface area contributed by atoms with Crippen molar-refractivity contribution >= 4 is 32.2 Å². The molecule has 7 nitrogen and oxygen atoms in total. The molecule has 0 aliphatic heterocycles. The number of rotatable bonds is 8. The summed E-state index contributed by atoms with van der Waals surface area (Å²) in [6.45, 7) is 4.71. The highest BCUT2D eigenvalue weighted by atomic mass is 32.2. The standard InChI is InChI=1S/C16H26N4O3S2/c1-3-6-17-15-19-20-16(24-15)25(22,23)9-14(21)18-10(2)13-8-11-4-5-12(13)7-11/h10-13H,3-9H2,1-2H3,(H,17,19)(H,18,21)/t10-,11+,12+,13+/m1/s1. The molecule has 2 fully saturated rings. The van der Waals surface area contributed by atoms with E-state index in [-0.39, 0.29) is 10.4 Å². The minimum absolute atomic E-state index is 0.0224. The van der Waals surface area contributed by atoms with Crippen LogP contribution in [-0.4, -0.2) is 42.9 Å². The summed E-state index contributed by atoms with van der Waals surface area (Å²) in [6.07, 6.45) is 5.88. The summed E-state index contributed by atoms with van der Waals surface area (Å²) < 4.78 is 24.7. The van der Waals surface area contributed by atoms with Gasteiger partial charge in [-0.05, 0) is 50.4 Å². The number of amides is 1. The van der Waals surface area contributed by atoms with Crippen molar-refractivity contribution in [2.24, 2.45) is 17.8 Å². The molecule has 1 aromatic rings. The molecule has 3 rings (SSSR count). The fourth-order valence-corrected chi connectivity index (χ4v) is 6.32. The van der Waals surface area contributed by atoms with E-state index in [2.05, 4.69) is 20.8 Å². The molecular weight excluding hydrogens is 360 g/mol. The van der Waals surface area contributed by atoms with E-state index in [4.69, 9.17) is 0 Å². The zero-order valence-corrected chi connectivity index (χ0v) is 16.3. The van der Waals surface area contributed by atoms with Crippen molar-refractivity contribution in [3.8, 4) is 0 Å². The van der Waals surface area contributed by atoms with Crippen LogP contribution in [0.1, 0.15) is 46.0 Å². The third kappa shape index (κ3) is 4.31. The van der Waals surface area contributed by atoms with Crippen LogP contribution in [-0.2, 0) is 14.6 Å². The lowest BCUT2D eigenvalue weighted by atomic mass is 9.84. The molecule has 0 unspecified atom stereocenters. The number of carbonyl (C=O) groups is 1. The van der Waals surface area contributed by atoms with Gasteiger partial charge in [-0.3, -0.25) is 4.79 Å². The van der Waals surface area contributed by atoms with Crippen LogP contribution >= 0.6 is 11.3 Å². The Hall–Kier alpha value is -1.22. The molecule has 2 saturated carbocycles. The highest BCUT2D eigenvalue weighted by Crippen LogP contribution is 2.49. The van der Waals surface area contributed by atoms with Crippen LogP contribution < -0.4 is 10.6 Å². The maximum absolute atomic E-state index is 12.4. The average molecular weight is 387 g/mol. The molecule has 0 radical (unpaired) electrons. The Morgan fingerprint density at radius 1 is 1.32 bits per heavy atom. The molecule has 0 spiro atoms. The molecule has 2 bridgehead atoms. The van der Waals surface area contributed by atoms with Gasteiger partial charge in [0.2, 0.25) is 25.2 Å². The summed E-state index contributed by atoms with van der Waals surface area (Å²) in [5, 5.41) is 13.9. The number of nitrogens with zero attached hydrogens (tertiary/aromatic N) is 2. The third-order valence-corrected chi connectivity index (χ3v) is 8.29. The number of hydrogen-bond acceptors (Lipinski definition) is 7. The lowest BCUT2D eigenvalue weighted by Gasteiger charge is -2.28. The van der Waals surface area contributed by atoms with Crippen LogP contribution in [0.25, 0.3) is 0 Å². The first-order chi connectivity index (χ1) is 11.9. The number of aromatic nitrogens is 2. The first-order valence-electron chi connectivity index (χ1n) is 8.98. The van der Waals surface area contributed by atoms with E-state index >= 15 is 0 Å². The van der Waals surface area contributed by atoms with Crippen molar-refractivity contribution in [3.63, 3.8) is 0 Å². The Morgan fingerprint density at radius 3 is 2.76 bits per heavy atom. The summed E-state index contributed by atoms with van der Waals surface area (Å²) in [6, 6.07) is 0.0224. The van der Waals surface area contributed by atoms with E-state index < -0.39 is 21.5 Å². The van der Waals surface area contributed by atoms with E-state index in [1.807, 2.05) is 13.8 Å². The second-order valence-corrected chi connectivity index (χ2v) is 10.4. The highest BCUT2D eigenvalue weighted by Gasteiger charge is 2.42. The second-order valence-electron chi connectivity index (χ2n) is 7.25.